The van der Waals surface area contributed by atoms with Crippen LogP contribution in [0.5, 0.6) is 5.75 Å². The normalized spacial score (nSPS) is 12.2. The van der Waals surface area contributed by atoms with Gasteiger partial charge in [-0.15, -0.1) is 0 Å². The van der Waals surface area contributed by atoms with Crippen LogP contribution in [0.15, 0.2) is 42.5 Å². The Balaban J connectivity index is 2.17. The molecule has 2 aromatic carbocycles. The van der Waals surface area contributed by atoms with Gasteiger partial charge in [0.25, 0.3) is 0 Å². The van der Waals surface area contributed by atoms with E-state index in [0.29, 0.717) is 5.75 Å². The van der Waals surface area contributed by atoms with Crippen molar-refractivity contribution in [2.75, 3.05) is 0 Å². The fourth-order valence-electron chi connectivity index (χ4n) is 1.95. The van der Waals surface area contributed by atoms with Crippen molar-refractivity contribution in [1.82, 2.24) is 0 Å². The molecular formula is C16H17F2NO. The Labute approximate surface area is 117 Å². The van der Waals surface area contributed by atoms with Gasteiger partial charge < -0.3 is 10.5 Å². The standard InChI is InChI=1S/C16H17F2NO/c1-2-15(19)13-5-3-4-6-16(13)20-10-11-9-12(17)7-8-14(11)18/h3-9,15H,2,10,19H2,1H3. The summed E-state index contributed by atoms with van der Waals surface area (Å²) in [4.78, 5) is 0. The first-order valence-electron chi connectivity index (χ1n) is 6.53. The zero-order valence-corrected chi connectivity index (χ0v) is 11.3. The molecule has 2 aromatic rings. The van der Waals surface area contributed by atoms with Gasteiger partial charge in [0, 0.05) is 17.2 Å². The summed E-state index contributed by atoms with van der Waals surface area (Å²) in [7, 11) is 0. The fourth-order valence-corrected chi connectivity index (χ4v) is 1.95. The number of rotatable bonds is 5. The summed E-state index contributed by atoms with van der Waals surface area (Å²) < 4.78 is 32.2. The maximum Gasteiger partial charge on any atom is 0.130 e. The number of hydrogen-bond donors (Lipinski definition) is 1. The van der Waals surface area contributed by atoms with Gasteiger partial charge in [-0.1, -0.05) is 25.1 Å². The van der Waals surface area contributed by atoms with Gasteiger partial charge in [0.05, 0.1) is 0 Å². The maximum absolute atomic E-state index is 13.5. The molecule has 4 heteroatoms. The summed E-state index contributed by atoms with van der Waals surface area (Å²) >= 11 is 0. The lowest BCUT2D eigenvalue weighted by atomic mass is 10.0. The average molecular weight is 277 g/mol. The second-order valence-electron chi connectivity index (χ2n) is 4.58. The summed E-state index contributed by atoms with van der Waals surface area (Å²) in [5.41, 5.74) is 7.06. The van der Waals surface area contributed by atoms with E-state index in [1.54, 1.807) is 6.07 Å². The molecule has 0 heterocycles. The number of benzene rings is 2. The van der Waals surface area contributed by atoms with Crippen molar-refractivity contribution in [3.63, 3.8) is 0 Å². The second kappa shape index (κ2) is 6.48. The highest BCUT2D eigenvalue weighted by Crippen LogP contribution is 2.26. The van der Waals surface area contributed by atoms with Gasteiger partial charge >= 0.3 is 0 Å². The number of hydrogen-bond acceptors (Lipinski definition) is 2. The highest BCUT2D eigenvalue weighted by Gasteiger charge is 2.11. The molecule has 0 radical (unpaired) electrons. The van der Waals surface area contributed by atoms with Crippen LogP contribution in [-0.4, -0.2) is 0 Å². The number of halogens is 2. The minimum atomic E-state index is -0.483. The third kappa shape index (κ3) is 3.33. The first-order chi connectivity index (χ1) is 9.61. The molecule has 1 atom stereocenters. The SMILES string of the molecule is CCC(N)c1ccccc1OCc1cc(F)ccc1F. The summed E-state index contributed by atoms with van der Waals surface area (Å²) in [6.45, 7) is 1.95. The molecule has 0 amide bonds. The lowest BCUT2D eigenvalue weighted by Gasteiger charge is -2.15. The van der Waals surface area contributed by atoms with E-state index in [-0.39, 0.29) is 18.2 Å². The first-order valence-corrected chi connectivity index (χ1v) is 6.53. The molecule has 0 aliphatic rings. The van der Waals surface area contributed by atoms with Crippen LogP contribution in [0.4, 0.5) is 8.78 Å². The molecule has 106 valence electrons. The van der Waals surface area contributed by atoms with Crippen LogP contribution < -0.4 is 10.5 Å². The summed E-state index contributed by atoms with van der Waals surface area (Å²) in [5, 5.41) is 0. The predicted octanol–water partition coefficient (Wildman–Crippen LogP) is 3.95. The van der Waals surface area contributed by atoms with E-state index in [2.05, 4.69) is 0 Å². The summed E-state index contributed by atoms with van der Waals surface area (Å²) in [6, 6.07) is 10.5. The van der Waals surface area contributed by atoms with Crippen molar-refractivity contribution < 1.29 is 13.5 Å². The molecule has 2 N–H and O–H groups in total. The van der Waals surface area contributed by atoms with E-state index in [0.717, 1.165) is 30.2 Å². The lowest BCUT2D eigenvalue weighted by molar-refractivity contribution is 0.294. The molecule has 0 saturated heterocycles. The predicted molar refractivity (Wildman–Crippen MR) is 74.4 cm³/mol. The molecule has 0 fully saturated rings. The van der Waals surface area contributed by atoms with Gasteiger partial charge in [-0.3, -0.25) is 0 Å². The first kappa shape index (κ1) is 14.5. The molecule has 2 nitrogen and oxygen atoms in total. The molecule has 0 aliphatic heterocycles. The van der Waals surface area contributed by atoms with Crippen molar-refractivity contribution in [2.45, 2.75) is 26.0 Å². The molecule has 0 saturated carbocycles. The van der Waals surface area contributed by atoms with Crippen molar-refractivity contribution in [3.05, 3.63) is 65.2 Å². The zero-order valence-electron chi connectivity index (χ0n) is 11.3. The topological polar surface area (TPSA) is 35.2 Å². The van der Waals surface area contributed by atoms with Crippen molar-refractivity contribution >= 4 is 0 Å². The Hall–Kier alpha value is -1.94. The molecule has 0 spiro atoms. The van der Waals surface area contributed by atoms with Gasteiger partial charge in [-0.2, -0.15) is 0 Å². The molecule has 0 aromatic heterocycles. The minimum absolute atomic E-state index is 0.0307. The van der Waals surface area contributed by atoms with Crippen molar-refractivity contribution in [3.8, 4) is 5.75 Å². The van der Waals surface area contributed by atoms with Gasteiger partial charge in [-0.05, 0) is 30.7 Å². The Morgan fingerprint density at radius 3 is 2.65 bits per heavy atom. The molecule has 0 bridgehead atoms. The lowest BCUT2D eigenvalue weighted by Crippen LogP contribution is -2.11. The molecular weight excluding hydrogens is 260 g/mol. The zero-order chi connectivity index (χ0) is 14.5. The van der Waals surface area contributed by atoms with E-state index in [9.17, 15) is 8.78 Å². The highest BCUT2D eigenvalue weighted by molar-refractivity contribution is 5.36. The van der Waals surface area contributed by atoms with E-state index in [1.807, 2.05) is 25.1 Å². The second-order valence-corrected chi connectivity index (χ2v) is 4.58. The van der Waals surface area contributed by atoms with Crippen LogP contribution in [0.25, 0.3) is 0 Å². The number of nitrogens with two attached hydrogens (primary N) is 1. The fraction of sp³-hybridized carbons (Fsp3) is 0.250. The molecule has 20 heavy (non-hydrogen) atoms. The smallest absolute Gasteiger partial charge is 0.130 e. The van der Waals surface area contributed by atoms with Crippen molar-refractivity contribution in [1.29, 1.82) is 0 Å². The Morgan fingerprint density at radius 2 is 1.90 bits per heavy atom. The quantitative estimate of drug-likeness (QED) is 0.898. The van der Waals surface area contributed by atoms with Crippen molar-refractivity contribution in [2.24, 2.45) is 5.73 Å². The Kier molecular flexibility index (Phi) is 4.69. The number of para-hydroxylation sites is 1. The third-order valence-electron chi connectivity index (χ3n) is 3.15. The highest BCUT2D eigenvalue weighted by atomic mass is 19.1. The molecule has 0 aliphatic carbocycles. The summed E-state index contributed by atoms with van der Waals surface area (Å²) in [5.74, 6) is -0.363. The molecule has 1 unspecified atom stereocenters. The summed E-state index contributed by atoms with van der Waals surface area (Å²) in [6.07, 6.45) is 0.773. The maximum atomic E-state index is 13.5. The van der Waals surface area contributed by atoms with Crippen LogP contribution >= 0.6 is 0 Å². The van der Waals surface area contributed by atoms with Gasteiger partial charge in [0.2, 0.25) is 0 Å². The average Bonchev–Trinajstić information content (AvgIpc) is 2.47. The van der Waals surface area contributed by atoms with Gasteiger partial charge in [0.1, 0.15) is 24.0 Å². The largest absolute Gasteiger partial charge is 0.488 e. The van der Waals surface area contributed by atoms with Crippen LogP contribution in [0, 0.1) is 11.6 Å². The number of ether oxygens (including phenoxy) is 1. The van der Waals surface area contributed by atoms with Crippen LogP contribution in [0.3, 0.4) is 0 Å². The van der Waals surface area contributed by atoms with E-state index in [4.69, 9.17) is 10.5 Å². The monoisotopic (exact) mass is 277 g/mol. The van der Waals surface area contributed by atoms with Crippen LogP contribution in [0.2, 0.25) is 0 Å². The minimum Gasteiger partial charge on any atom is -0.488 e. The van der Waals surface area contributed by atoms with E-state index in [1.165, 1.54) is 0 Å². The Morgan fingerprint density at radius 1 is 1.15 bits per heavy atom. The van der Waals surface area contributed by atoms with Crippen LogP contribution in [-0.2, 0) is 6.61 Å². The van der Waals surface area contributed by atoms with E-state index < -0.39 is 11.6 Å². The van der Waals surface area contributed by atoms with Gasteiger partial charge in [0.15, 0.2) is 0 Å². The third-order valence-corrected chi connectivity index (χ3v) is 3.15. The molecule has 2 rings (SSSR count). The van der Waals surface area contributed by atoms with Gasteiger partial charge in [-0.25, -0.2) is 8.78 Å². The van der Waals surface area contributed by atoms with Crippen LogP contribution in [0.1, 0.15) is 30.5 Å². The Bertz CT molecular complexity index is 586. The van der Waals surface area contributed by atoms with E-state index >= 15 is 0 Å².